The molecule has 0 saturated heterocycles. The Balaban J connectivity index is 3.41. The van der Waals surface area contributed by atoms with E-state index in [1.54, 1.807) is 19.9 Å². The zero-order valence-corrected chi connectivity index (χ0v) is 20.7. The fourth-order valence-corrected chi connectivity index (χ4v) is 3.54. The maximum Gasteiger partial charge on any atom is 0.321 e. The summed E-state index contributed by atoms with van der Waals surface area (Å²) in [5.41, 5.74) is 6.47. The number of esters is 3. The Kier molecular flexibility index (Phi) is 12.3. The van der Waals surface area contributed by atoms with E-state index in [2.05, 4.69) is 0 Å². The van der Waals surface area contributed by atoms with Gasteiger partial charge in [0.2, 0.25) is 0 Å². The minimum atomic E-state index is -1.32. The second-order valence-corrected chi connectivity index (χ2v) is 8.42. The van der Waals surface area contributed by atoms with E-state index in [1.807, 2.05) is 13.8 Å². The number of hydrogen-bond acceptors (Lipinski definition) is 8. The Labute approximate surface area is 200 Å². The highest BCUT2D eigenvalue weighted by Gasteiger charge is 2.35. The number of hydrogen-bond donors (Lipinski definition) is 2. The van der Waals surface area contributed by atoms with Gasteiger partial charge >= 0.3 is 23.9 Å². The van der Waals surface area contributed by atoms with Crippen LogP contribution in [-0.4, -0.2) is 41.1 Å². The molecule has 190 valence electrons. The number of carboxylic acids is 1. The lowest BCUT2D eigenvalue weighted by molar-refractivity contribution is -0.148. The van der Waals surface area contributed by atoms with Crippen LogP contribution in [0.2, 0.25) is 0 Å². The van der Waals surface area contributed by atoms with Crippen LogP contribution in [0, 0.1) is 5.92 Å². The van der Waals surface area contributed by atoms with Crippen molar-refractivity contribution in [3.8, 4) is 11.5 Å². The van der Waals surface area contributed by atoms with Gasteiger partial charge in [-0.15, -0.1) is 0 Å². The van der Waals surface area contributed by atoms with Crippen LogP contribution < -0.4 is 15.2 Å². The highest BCUT2D eigenvalue weighted by atomic mass is 16.6. The van der Waals surface area contributed by atoms with Crippen molar-refractivity contribution in [2.75, 3.05) is 0 Å². The molecule has 0 fully saturated rings. The molecule has 0 spiro atoms. The highest BCUT2D eigenvalue weighted by molar-refractivity contribution is 5.77. The molecule has 0 bridgehead atoms. The van der Waals surface area contributed by atoms with Crippen molar-refractivity contribution < 1.29 is 38.5 Å². The average molecular weight is 480 g/mol. The van der Waals surface area contributed by atoms with Gasteiger partial charge < -0.3 is 25.1 Å². The molecular formula is C25H37NO8. The van der Waals surface area contributed by atoms with E-state index < -0.39 is 47.9 Å². The monoisotopic (exact) mass is 479 g/mol. The van der Waals surface area contributed by atoms with Crippen molar-refractivity contribution >= 4 is 23.9 Å². The molecule has 1 aromatic rings. The Morgan fingerprint density at radius 1 is 0.941 bits per heavy atom. The van der Waals surface area contributed by atoms with Crippen LogP contribution in [-0.2, 0) is 23.9 Å². The number of ether oxygens (including phenoxy) is 3. The van der Waals surface area contributed by atoms with Gasteiger partial charge in [-0.3, -0.25) is 19.2 Å². The quantitative estimate of drug-likeness (QED) is 0.299. The molecule has 1 aromatic carbocycles. The van der Waals surface area contributed by atoms with Crippen LogP contribution >= 0.6 is 0 Å². The lowest BCUT2D eigenvalue weighted by Crippen LogP contribution is -2.42. The van der Waals surface area contributed by atoms with Crippen molar-refractivity contribution in [1.82, 2.24) is 0 Å². The Morgan fingerprint density at radius 3 is 1.94 bits per heavy atom. The SMILES string of the molecule is CCCCC(=O)Oc1ccc(C(C(C)C(C)OC(C)=O)[C@H](N)C(=O)O)cc1OC(=O)CCCC. The van der Waals surface area contributed by atoms with Crippen LogP contribution in [0.5, 0.6) is 11.5 Å². The van der Waals surface area contributed by atoms with Crippen LogP contribution in [0.4, 0.5) is 0 Å². The number of benzene rings is 1. The first-order valence-electron chi connectivity index (χ1n) is 11.7. The van der Waals surface area contributed by atoms with Crippen LogP contribution in [0.3, 0.4) is 0 Å². The fourth-order valence-electron chi connectivity index (χ4n) is 3.54. The summed E-state index contributed by atoms with van der Waals surface area (Å²) in [6.45, 7) is 8.55. The summed E-state index contributed by atoms with van der Waals surface area (Å²) in [5, 5.41) is 9.61. The first-order valence-corrected chi connectivity index (χ1v) is 11.7. The predicted octanol–water partition coefficient (Wildman–Crippen LogP) is 3.96. The molecule has 0 aromatic heterocycles. The lowest BCUT2D eigenvalue weighted by atomic mass is 9.79. The topological polar surface area (TPSA) is 142 Å². The second kappa shape index (κ2) is 14.3. The molecule has 0 aliphatic rings. The van der Waals surface area contributed by atoms with Crippen LogP contribution in [0.25, 0.3) is 0 Å². The number of aliphatic carboxylic acids is 1. The van der Waals surface area contributed by atoms with Gasteiger partial charge in [0.15, 0.2) is 11.5 Å². The molecule has 1 rings (SSSR count). The smallest absolute Gasteiger partial charge is 0.321 e. The average Bonchev–Trinajstić information content (AvgIpc) is 2.77. The van der Waals surface area contributed by atoms with Crippen molar-refractivity contribution in [2.45, 2.75) is 91.2 Å². The van der Waals surface area contributed by atoms with Crippen molar-refractivity contribution in [3.05, 3.63) is 23.8 Å². The first kappa shape index (κ1) is 29.1. The largest absolute Gasteiger partial charge is 0.480 e. The van der Waals surface area contributed by atoms with Gasteiger partial charge in [-0.1, -0.05) is 39.7 Å². The van der Waals surface area contributed by atoms with Gasteiger partial charge in [0.25, 0.3) is 0 Å². The summed E-state index contributed by atoms with van der Waals surface area (Å²) in [4.78, 5) is 47.7. The molecule has 34 heavy (non-hydrogen) atoms. The Bertz CT molecular complexity index is 853. The van der Waals surface area contributed by atoms with E-state index >= 15 is 0 Å². The van der Waals surface area contributed by atoms with E-state index in [0.717, 1.165) is 12.8 Å². The Hall–Kier alpha value is -2.94. The number of unbranched alkanes of at least 4 members (excludes halogenated alkanes) is 2. The van der Waals surface area contributed by atoms with Gasteiger partial charge in [-0.05, 0) is 37.5 Å². The molecule has 9 nitrogen and oxygen atoms in total. The molecule has 3 N–H and O–H groups in total. The molecule has 0 amide bonds. The number of carbonyl (C=O) groups is 4. The summed E-state index contributed by atoms with van der Waals surface area (Å²) in [7, 11) is 0. The summed E-state index contributed by atoms with van der Waals surface area (Å²) in [5.74, 6) is -3.88. The summed E-state index contributed by atoms with van der Waals surface area (Å²) < 4.78 is 16.2. The fraction of sp³-hybridized carbons (Fsp3) is 0.600. The van der Waals surface area contributed by atoms with E-state index in [0.29, 0.717) is 18.4 Å². The standard InChI is InChI=1S/C25H37NO8/c1-6-8-10-21(28)33-19-13-12-18(14-20(19)34-22(29)11-9-7-2)23(24(26)25(30)31)15(3)16(4)32-17(5)27/h12-16,23-24H,6-11,26H2,1-5H3,(H,30,31)/t15?,16?,23?,24-/m0/s1. The van der Waals surface area contributed by atoms with Gasteiger partial charge in [-0.2, -0.15) is 0 Å². The molecule has 3 unspecified atom stereocenters. The third-order valence-corrected chi connectivity index (χ3v) is 5.60. The maximum atomic E-state index is 12.3. The van der Waals surface area contributed by atoms with E-state index in [4.69, 9.17) is 19.9 Å². The van der Waals surface area contributed by atoms with Crippen molar-refractivity contribution in [3.63, 3.8) is 0 Å². The van der Waals surface area contributed by atoms with Gasteiger partial charge in [-0.25, -0.2) is 0 Å². The minimum absolute atomic E-state index is 0.0124. The summed E-state index contributed by atoms with van der Waals surface area (Å²) >= 11 is 0. The van der Waals surface area contributed by atoms with Gasteiger partial charge in [0.05, 0.1) is 0 Å². The molecular weight excluding hydrogens is 442 g/mol. The third-order valence-electron chi connectivity index (χ3n) is 5.60. The number of nitrogens with two attached hydrogens (primary N) is 1. The van der Waals surface area contributed by atoms with Crippen LogP contribution in [0.15, 0.2) is 18.2 Å². The van der Waals surface area contributed by atoms with Crippen molar-refractivity contribution in [1.29, 1.82) is 0 Å². The molecule has 0 aliphatic carbocycles. The molecule has 0 saturated carbocycles. The lowest BCUT2D eigenvalue weighted by Gasteiger charge is -2.31. The van der Waals surface area contributed by atoms with E-state index in [1.165, 1.54) is 19.1 Å². The second-order valence-electron chi connectivity index (χ2n) is 8.42. The van der Waals surface area contributed by atoms with Gasteiger partial charge in [0, 0.05) is 31.6 Å². The number of rotatable bonds is 14. The number of carbonyl (C=O) groups excluding carboxylic acids is 3. The first-order chi connectivity index (χ1) is 16.0. The van der Waals surface area contributed by atoms with E-state index in [-0.39, 0.29) is 24.3 Å². The highest BCUT2D eigenvalue weighted by Crippen LogP contribution is 2.37. The van der Waals surface area contributed by atoms with Gasteiger partial charge in [0.1, 0.15) is 12.1 Å². The maximum absolute atomic E-state index is 12.3. The van der Waals surface area contributed by atoms with Crippen molar-refractivity contribution in [2.24, 2.45) is 11.7 Å². The summed E-state index contributed by atoms with van der Waals surface area (Å²) in [6.07, 6.45) is 2.68. The molecule has 0 aliphatic heterocycles. The minimum Gasteiger partial charge on any atom is -0.480 e. The third kappa shape index (κ3) is 9.13. The predicted molar refractivity (Wildman–Crippen MR) is 126 cm³/mol. The summed E-state index contributed by atoms with van der Waals surface area (Å²) in [6, 6.07) is 3.19. The molecule has 0 radical (unpaired) electrons. The molecule has 0 heterocycles. The Morgan fingerprint density at radius 2 is 1.47 bits per heavy atom. The van der Waals surface area contributed by atoms with E-state index in [9.17, 15) is 24.3 Å². The molecule has 9 heteroatoms. The van der Waals surface area contributed by atoms with Crippen LogP contribution in [0.1, 0.15) is 84.6 Å². The number of carboxylic acid groups (broad SMARTS) is 1. The molecule has 4 atom stereocenters. The normalized spacial score (nSPS) is 14.4. The zero-order chi connectivity index (χ0) is 25.8. The zero-order valence-electron chi connectivity index (χ0n) is 20.7.